The summed E-state index contributed by atoms with van der Waals surface area (Å²) in [6, 6.07) is 8.35. The van der Waals surface area contributed by atoms with Crippen LogP contribution in [0.1, 0.15) is 19.4 Å². The number of aliphatic hydroxyl groups is 1. The summed E-state index contributed by atoms with van der Waals surface area (Å²) in [4.78, 5) is 1.93. The van der Waals surface area contributed by atoms with Crippen molar-refractivity contribution >= 4 is 32.0 Å². The van der Waals surface area contributed by atoms with Gasteiger partial charge in [-0.05, 0) is 43.7 Å². The van der Waals surface area contributed by atoms with Crippen molar-refractivity contribution in [2.75, 3.05) is 30.3 Å². The van der Waals surface area contributed by atoms with E-state index in [1.165, 1.54) is 34.6 Å². The molecule has 11 heteroatoms. The Morgan fingerprint density at radius 3 is 2.24 bits per heavy atom. The fraction of sp³-hybridized carbons (Fsp3) is 0.444. The van der Waals surface area contributed by atoms with Gasteiger partial charge in [-0.2, -0.15) is 17.5 Å². The van der Waals surface area contributed by atoms with Gasteiger partial charge < -0.3 is 15.7 Å². The van der Waals surface area contributed by atoms with E-state index in [4.69, 9.17) is 5.73 Å². The summed E-state index contributed by atoms with van der Waals surface area (Å²) in [5.74, 6) is 0. The average Bonchev–Trinajstić information content (AvgIpc) is 3.08. The van der Waals surface area contributed by atoms with Crippen LogP contribution < -0.4 is 10.6 Å². The van der Waals surface area contributed by atoms with Crippen molar-refractivity contribution in [1.82, 2.24) is 4.31 Å². The van der Waals surface area contributed by atoms with Crippen LogP contribution in [0.3, 0.4) is 0 Å². The van der Waals surface area contributed by atoms with E-state index in [9.17, 15) is 26.7 Å². The minimum atomic E-state index is -4.78. The molecule has 6 nitrogen and oxygen atoms in total. The van der Waals surface area contributed by atoms with Crippen molar-refractivity contribution in [3.05, 3.63) is 42.0 Å². The van der Waals surface area contributed by atoms with Crippen molar-refractivity contribution in [2.24, 2.45) is 0 Å². The van der Waals surface area contributed by atoms with Gasteiger partial charge in [0.05, 0.1) is 5.00 Å². The molecular weight excluding hydrogens is 427 g/mol. The summed E-state index contributed by atoms with van der Waals surface area (Å²) >= 11 is 1.01. The summed E-state index contributed by atoms with van der Waals surface area (Å²) in [5, 5.41) is 10.2. The van der Waals surface area contributed by atoms with Crippen LogP contribution >= 0.6 is 11.3 Å². The SMILES string of the molecule is C[C@H]1CN(S(=O)(=O)c2ccc(N)s2)CCN1c1ccc([C@@](C)(O)C(F)(F)F)cc1. The average molecular weight is 450 g/mol. The molecule has 3 rings (SSSR count). The maximum atomic E-state index is 13.0. The summed E-state index contributed by atoms with van der Waals surface area (Å²) in [6.07, 6.45) is -4.78. The van der Waals surface area contributed by atoms with Gasteiger partial charge in [-0.1, -0.05) is 12.1 Å². The maximum absolute atomic E-state index is 13.0. The Balaban J connectivity index is 1.75. The lowest BCUT2D eigenvalue weighted by Gasteiger charge is -2.40. The highest BCUT2D eigenvalue weighted by atomic mass is 32.2. The first-order valence-corrected chi connectivity index (χ1v) is 11.1. The normalized spacial score (nSPS) is 21.2. The molecule has 0 amide bonds. The van der Waals surface area contributed by atoms with Gasteiger partial charge in [0.25, 0.3) is 10.0 Å². The van der Waals surface area contributed by atoms with Gasteiger partial charge in [0.15, 0.2) is 5.60 Å². The number of halogens is 3. The van der Waals surface area contributed by atoms with E-state index < -0.39 is 21.8 Å². The monoisotopic (exact) mass is 449 g/mol. The third kappa shape index (κ3) is 4.09. The summed E-state index contributed by atoms with van der Waals surface area (Å²) in [7, 11) is -3.64. The highest BCUT2D eigenvalue weighted by molar-refractivity contribution is 7.91. The number of hydrogen-bond acceptors (Lipinski definition) is 6. The van der Waals surface area contributed by atoms with E-state index in [1.807, 2.05) is 11.8 Å². The second-order valence-electron chi connectivity index (χ2n) is 7.18. The van der Waals surface area contributed by atoms with Gasteiger partial charge in [0.1, 0.15) is 4.21 Å². The number of hydrogen-bond donors (Lipinski definition) is 2. The molecule has 1 aromatic carbocycles. The number of thiophene rings is 1. The number of piperazine rings is 1. The van der Waals surface area contributed by atoms with Crippen LogP contribution in [0.5, 0.6) is 0 Å². The Labute approximate surface area is 171 Å². The van der Waals surface area contributed by atoms with Crippen LogP contribution in [0.15, 0.2) is 40.6 Å². The molecule has 0 radical (unpaired) electrons. The topological polar surface area (TPSA) is 86.9 Å². The lowest BCUT2D eigenvalue weighted by Crippen LogP contribution is -2.53. The van der Waals surface area contributed by atoms with E-state index in [-0.39, 0.29) is 28.9 Å². The van der Waals surface area contributed by atoms with E-state index in [0.717, 1.165) is 11.3 Å². The number of alkyl halides is 3. The molecule has 1 aliphatic heterocycles. The Morgan fingerprint density at radius 1 is 1.14 bits per heavy atom. The number of anilines is 2. The van der Waals surface area contributed by atoms with Crippen LogP contribution in [0.4, 0.5) is 23.9 Å². The van der Waals surface area contributed by atoms with E-state index in [2.05, 4.69) is 0 Å². The minimum Gasteiger partial charge on any atom is -0.391 e. The standard InChI is InChI=1S/C18H22F3N3O3S2/c1-12-11-23(29(26,27)16-8-7-15(22)28-16)9-10-24(12)14-5-3-13(4-6-14)17(2,25)18(19,20)21/h3-8,12,25H,9-11,22H2,1-2H3/t12-,17+/m0/s1. The van der Waals surface area contributed by atoms with Gasteiger partial charge in [-0.15, -0.1) is 11.3 Å². The second-order valence-corrected chi connectivity index (χ2v) is 10.5. The van der Waals surface area contributed by atoms with Crippen molar-refractivity contribution < 1.29 is 26.7 Å². The van der Waals surface area contributed by atoms with Crippen LogP contribution in [-0.2, 0) is 15.6 Å². The zero-order chi connectivity index (χ0) is 21.6. The van der Waals surface area contributed by atoms with Crippen molar-refractivity contribution in [2.45, 2.75) is 35.9 Å². The van der Waals surface area contributed by atoms with Crippen molar-refractivity contribution in [3.63, 3.8) is 0 Å². The van der Waals surface area contributed by atoms with Crippen molar-refractivity contribution in [3.8, 4) is 0 Å². The largest absolute Gasteiger partial charge is 0.421 e. The predicted molar refractivity (Wildman–Crippen MR) is 106 cm³/mol. The van der Waals surface area contributed by atoms with Crippen LogP contribution in [-0.4, -0.2) is 49.7 Å². The number of benzene rings is 1. The molecule has 0 unspecified atom stereocenters. The molecule has 1 fully saturated rings. The Kier molecular flexibility index (Phi) is 5.63. The number of nitrogens with two attached hydrogens (primary N) is 1. The molecule has 0 aliphatic carbocycles. The minimum absolute atomic E-state index is 0.189. The smallest absolute Gasteiger partial charge is 0.391 e. The Bertz CT molecular complexity index is 972. The molecule has 2 heterocycles. The fourth-order valence-corrected chi connectivity index (χ4v) is 6.03. The first-order valence-electron chi connectivity index (χ1n) is 8.86. The van der Waals surface area contributed by atoms with Gasteiger partial charge in [0, 0.05) is 31.4 Å². The first kappa shape index (κ1) is 21.9. The van der Waals surface area contributed by atoms with Gasteiger partial charge in [-0.3, -0.25) is 0 Å². The maximum Gasteiger partial charge on any atom is 0.421 e. The van der Waals surface area contributed by atoms with Crippen LogP contribution in [0.25, 0.3) is 0 Å². The third-order valence-electron chi connectivity index (χ3n) is 5.10. The molecule has 160 valence electrons. The van der Waals surface area contributed by atoms with E-state index >= 15 is 0 Å². The van der Waals surface area contributed by atoms with Crippen LogP contribution in [0.2, 0.25) is 0 Å². The van der Waals surface area contributed by atoms with Crippen molar-refractivity contribution in [1.29, 1.82) is 0 Å². The van der Waals surface area contributed by atoms with E-state index in [1.54, 1.807) is 6.07 Å². The third-order valence-corrected chi connectivity index (χ3v) is 8.35. The molecule has 0 saturated carbocycles. The first-order chi connectivity index (χ1) is 13.3. The molecule has 2 aromatic rings. The van der Waals surface area contributed by atoms with Gasteiger partial charge in [-0.25, -0.2) is 8.42 Å². The molecule has 2 atom stereocenters. The molecule has 1 saturated heterocycles. The number of nitrogens with zero attached hydrogens (tertiary/aromatic N) is 2. The fourth-order valence-electron chi connectivity index (χ4n) is 3.27. The second kappa shape index (κ2) is 7.46. The lowest BCUT2D eigenvalue weighted by molar-refractivity contribution is -0.258. The molecule has 1 aromatic heterocycles. The highest BCUT2D eigenvalue weighted by Crippen LogP contribution is 2.39. The van der Waals surface area contributed by atoms with Gasteiger partial charge in [0.2, 0.25) is 0 Å². The number of nitrogen functional groups attached to an aromatic ring is 1. The molecule has 0 bridgehead atoms. The molecular formula is C18H22F3N3O3S2. The van der Waals surface area contributed by atoms with Gasteiger partial charge >= 0.3 is 6.18 Å². The Hall–Kier alpha value is -1.82. The summed E-state index contributed by atoms with van der Waals surface area (Å²) in [5.41, 5.74) is 3.11. The molecule has 1 aliphatic rings. The summed E-state index contributed by atoms with van der Waals surface area (Å²) in [6.45, 7) is 3.43. The Morgan fingerprint density at radius 2 is 1.76 bits per heavy atom. The summed E-state index contributed by atoms with van der Waals surface area (Å²) < 4.78 is 66.1. The quantitative estimate of drug-likeness (QED) is 0.750. The molecule has 3 N–H and O–H groups in total. The molecule has 29 heavy (non-hydrogen) atoms. The number of sulfonamides is 1. The lowest BCUT2D eigenvalue weighted by atomic mass is 9.95. The molecule has 0 spiro atoms. The highest BCUT2D eigenvalue weighted by Gasteiger charge is 2.51. The predicted octanol–water partition coefficient (Wildman–Crippen LogP) is 3.00. The van der Waals surface area contributed by atoms with Crippen LogP contribution in [0, 0.1) is 0 Å². The zero-order valence-electron chi connectivity index (χ0n) is 15.8. The number of rotatable bonds is 4. The zero-order valence-corrected chi connectivity index (χ0v) is 17.5. The van der Waals surface area contributed by atoms with E-state index in [0.29, 0.717) is 24.2 Å².